The lowest BCUT2D eigenvalue weighted by atomic mass is 10.2. The van der Waals surface area contributed by atoms with Crippen molar-refractivity contribution in [1.29, 1.82) is 0 Å². The van der Waals surface area contributed by atoms with Gasteiger partial charge in [-0.05, 0) is 18.1 Å². The Bertz CT molecular complexity index is 426. The van der Waals surface area contributed by atoms with E-state index < -0.39 is 5.91 Å². The van der Waals surface area contributed by atoms with Gasteiger partial charge in [0.2, 0.25) is 0 Å². The van der Waals surface area contributed by atoms with E-state index in [2.05, 4.69) is 29.6 Å². The molecule has 6 nitrogen and oxygen atoms in total. The van der Waals surface area contributed by atoms with Crippen LogP contribution in [0.5, 0.6) is 0 Å². The minimum absolute atomic E-state index is 0.304. The third-order valence-electron chi connectivity index (χ3n) is 2.09. The molecule has 17 heavy (non-hydrogen) atoms. The quantitative estimate of drug-likeness (QED) is 0.681. The van der Waals surface area contributed by atoms with Crippen LogP contribution in [0.1, 0.15) is 24.3 Å². The van der Waals surface area contributed by atoms with E-state index in [4.69, 9.17) is 18.0 Å². The number of nitrogens with zero attached hydrogens (tertiary/aromatic N) is 2. The van der Waals surface area contributed by atoms with Crippen molar-refractivity contribution in [2.75, 3.05) is 11.9 Å². The summed E-state index contributed by atoms with van der Waals surface area (Å²) >= 11 is 5.10. The number of anilines is 1. The Balaban J connectivity index is 2.69. The molecule has 0 aliphatic carbocycles. The van der Waals surface area contributed by atoms with Crippen LogP contribution in [-0.4, -0.2) is 27.3 Å². The lowest BCUT2D eigenvalue weighted by Gasteiger charge is -2.11. The molecule has 0 unspecified atom stereocenters. The predicted molar refractivity (Wildman–Crippen MR) is 70.8 cm³/mol. The summed E-state index contributed by atoms with van der Waals surface area (Å²) in [5.41, 5.74) is 6.07. The molecule has 1 heterocycles. The summed E-state index contributed by atoms with van der Waals surface area (Å²) < 4.78 is 1.41. The molecule has 1 amide bonds. The summed E-state index contributed by atoms with van der Waals surface area (Å²) in [6.45, 7) is 4.92. The third-order valence-corrected chi connectivity index (χ3v) is 2.34. The molecule has 4 N–H and O–H groups in total. The van der Waals surface area contributed by atoms with Crippen LogP contribution in [-0.2, 0) is 7.05 Å². The van der Waals surface area contributed by atoms with Crippen molar-refractivity contribution in [3.8, 4) is 0 Å². The Morgan fingerprint density at radius 2 is 2.29 bits per heavy atom. The van der Waals surface area contributed by atoms with E-state index in [0.717, 1.165) is 6.54 Å². The SMILES string of the molecule is CC(C)CNC(=S)Nc1cnn(C)c1C(N)=O. The maximum atomic E-state index is 11.2. The topological polar surface area (TPSA) is 85.0 Å². The molecule has 1 aromatic rings. The smallest absolute Gasteiger partial charge is 0.269 e. The van der Waals surface area contributed by atoms with Gasteiger partial charge in [-0.25, -0.2) is 0 Å². The highest BCUT2D eigenvalue weighted by atomic mass is 32.1. The molecular weight excluding hydrogens is 238 g/mol. The number of hydrogen-bond acceptors (Lipinski definition) is 3. The summed E-state index contributed by atoms with van der Waals surface area (Å²) in [4.78, 5) is 11.2. The molecule has 0 saturated carbocycles. The first-order valence-corrected chi connectivity index (χ1v) is 5.69. The van der Waals surface area contributed by atoms with E-state index in [1.54, 1.807) is 7.05 Å². The Morgan fingerprint density at radius 1 is 1.65 bits per heavy atom. The van der Waals surface area contributed by atoms with Crippen molar-refractivity contribution < 1.29 is 4.79 Å². The van der Waals surface area contributed by atoms with E-state index in [1.165, 1.54) is 10.9 Å². The van der Waals surface area contributed by atoms with Crippen LogP contribution in [0.2, 0.25) is 0 Å². The van der Waals surface area contributed by atoms with Crippen molar-refractivity contribution in [2.45, 2.75) is 13.8 Å². The standard InChI is InChI=1S/C10H17N5OS/c1-6(2)4-12-10(17)14-7-5-13-15(3)8(7)9(11)16/h5-6H,4H2,1-3H3,(H2,11,16)(H2,12,14,17). The minimum atomic E-state index is -0.542. The summed E-state index contributed by atoms with van der Waals surface area (Å²) in [7, 11) is 1.65. The molecule has 0 aliphatic heterocycles. The zero-order chi connectivity index (χ0) is 13.0. The fourth-order valence-corrected chi connectivity index (χ4v) is 1.48. The number of hydrogen-bond donors (Lipinski definition) is 3. The second-order valence-corrected chi connectivity index (χ2v) is 4.53. The lowest BCUT2D eigenvalue weighted by Crippen LogP contribution is -2.32. The van der Waals surface area contributed by atoms with Crippen LogP contribution in [0.4, 0.5) is 5.69 Å². The van der Waals surface area contributed by atoms with Crippen molar-refractivity contribution >= 4 is 28.9 Å². The van der Waals surface area contributed by atoms with Gasteiger partial charge in [-0.15, -0.1) is 0 Å². The first-order chi connectivity index (χ1) is 7.91. The van der Waals surface area contributed by atoms with Crippen molar-refractivity contribution in [2.24, 2.45) is 18.7 Å². The zero-order valence-electron chi connectivity index (χ0n) is 10.2. The fraction of sp³-hybridized carbons (Fsp3) is 0.500. The van der Waals surface area contributed by atoms with Gasteiger partial charge in [0.25, 0.3) is 5.91 Å². The summed E-state index contributed by atoms with van der Waals surface area (Å²) in [6.07, 6.45) is 1.52. The summed E-state index contributed by atoms with van der Waals surface area (Å²) in [5, 5.41) is 10.3. The number of rotatable bonds is 4. The number of nitrogens with one attached hydrogen (secondary N) is 2. The highest BCUT2D eigenvalue weighted by Gasteiger charge is 2.14. The lowest BCUT2D eigenvalue weighted by molar-refractivity contribution is 0.0992. The molecule has 94 valence electrons. The van der Waals surface area contributed by atoms with Gasteiger partial charge in [0.05, 0.1) is 11.9 Å². The number of nitrogens with two attached hydrogens (primary N) is 1. The van der Waals surface area contributed by atoms with Crippen molar-refractivity contribution in [3.63, 3.8) is 0 Å². The van der Waals surface area contributed by atoms with Crippen molar-refractivity contribution in [1.82, 2.24) is 15.1 Å². The Labute approximate surface area is 106 Å². The van der Waals surface area contributed by atoms with Gasteiger partial charge in [0.15, 0.2) is 5.11 Å². The summed E-state index contributed by atoms with van der Waals surface area (Å²) in [5.74, 6) is -0.0570. The van der Waals surface area contributed by atoms with E-state index in [1.807, 2.05) is 0 Å². The maximum Gasteiger partial charge on any atom is 0.269 e. The molecule has 1 rings (SSSR count). The van der Waals surface area contributed by atoms with Gasteiger partial charge in [0.1, 0.15) is 5.69 Å². The van der Waals surface area contributed by atoms with Crippen LogP contribution in [0.15, 0.2) is 6.20 Å². The number of thiocarbonyl (C=S) groups is 1. The number of carbonyl (C=O) groups excluding carboxylic acids is 1. The average Bonchev–Trinajstić information content (AvgIpc) is 2.56. The zero-order valence-corrected chi connectivity index (χ0v) is 11.0. The van der Waals surface area contributed by atoms with E-state index in [9.17, 15) is 4.79 Å². The normalized spacial score (nSPS) is 10.4. The maximum absolute atomic E-state index is 11.2. The van der Waals surface area contributed by atoms with Crippen LogP contribution >= 0.6 is 12.2 Å². The number of aryl methyl sites for hydroxylation is 1. The van der Waals surface area contributed by atoms with Crippen LogP contribution in [0, 0.1) is 5.92 Å². The Hall–Kier alpha value is -1.63. The first-order valence-electron chi connectivity index (χ1n) is 5.28. The van der Waals surface area contributed by atoms with Gasteiger partial charge < -0.3 is 16.4 Å². The molecule has 0 radical (unpaired) electrons. The highest BCUT2D eigenvalue weighted by Crippen LogP contribution is 2.12. The molecule has 0 saturated heterocycles. The molecule has 0 atom stereocenters. The molecule has 1 aromatic heterocycles. The van der Waals surface area contributed by atoms with Crippen LogP contribution in [0.25, 0.3) is 0 Å². The second kappa shape index (κ2) is 5.62. The number of primary amides is 1. The monoisotopic (exact) mass is 255 g/mol. The van der Waals surface area contributed by atoms with E-state index >= 15 is 0 Å². The van der Waals surface area contributed by atoms with Crippen LogP contribution < -0.4 is 16.4 Å². The number of carbonyl (C=O) groups is 1. The molecule has 0 bridgehead atoms. The van der Waals surface area contributed by atoms with Gasteiger partial charge in [-0.3, -0.25) is 9.48 Å². The van der Waals surface area contributed by atoms with Crippen LogP contribution in [0.3, 0.4) is 0 Å². The predicted octanol–water partition coefficient (Wildman–Crippen LogP) is 0.461. The van der Waals surface area contributed by atoms with Gasteiger partial charge in [0, 0.05) is 13.6 Å². The molecular formula is C10H17N5OS. The van der Waals surface area contributed by atoms with Gasteiger partial charge in [-0.1, -0.05) is 13.8 Å². The fourth-order valence-electron chi connectivity index (χ4n) is 1.28. The highest BCUT2D eigenvalue weighted by molar-refractivity contribution is 7.80. The van der Waals surface area contributed by atoms with Gasteiger partial charge >= 0.3 is 0 Å². The summed E-state index contributed by atoms with van der Waals surface area (Å²) in [6, 6.07) is 0. The number of aromatic nitrogens is 2. The van der Waals surface area contributed by atoms with E-state index in [-0.39, 0.29) is 0 Å². The molecule has 0 fully saturated rings. The average molecular weight is 255 g/mol. The third kappa shape index (κ3) is 3.70. The van der Waals surface area contributed by atoms with E-state index in [0.29, 0.717) is 22.4 Å². The molecule has 0 aliphatic rings. The Morgan fingerprint density at radius 3 is 2.82 bits per heavy atom. The molecule has 7 heteroatoms. The molecule has 0 spiro atoms. The minimum Gasteiger partial charge on any atom is -0.364 e. The van der Waals surface area contributed by atoms with Crippen molar-refractivity contribution in [3.05, 3.63) is 11.9 Å². The largest absolute Gasteiger partial charge is 0.364 e. The second-order valence-electron chi connectivity index (χ2n) is 4.12. The Kier molecular flexibility index (Phi) is 4.45. The van der Waals surface area contributed by atoms with Gasteiger partial charge in [-0.2, -0.15) is 5.10 Å². The molecule has 0 aromatic carbocycles. The first kappa shape index (κ1) is 13.4. The number of amides is 1.